The van der Waals surface area contributed by atoms with Gasteiger partial charge in [0.25, 0.3) is 0 Å². The number of hydrogen-bond acceptors (Lipinski definition) is 3. The summed E-state index contributed by atoms with van der Waals surface area (Å²) in [4.78, 5) is 4.33. The quantitative estimate of drug-likeness (QED) is 0.715. The molecule has 3 nitrogen and oxygen atoms in total. The van der Waals surface area contributed by atoms with Gasteiger partial charge in [-0.25, -0.2) is 4.98 Å². The lowest BCUT2D eigenvalue weighted by Crippen LogP contribution is -2.22. The van der Waals surface area contributed by atoms with Crippen LogP contribution >= 0.6 is 31.9 Å². The summed E-state index contributed by atoms with van der Waals surface area (Å²) in [6.45, 7) is 6.30. The highest BCUT2D eigenvalue weighted by Gasteiger charge is 2.09. The first-order chi connectivity index (χ1) is 9.56. The number of nitrogens with zero attached hydrogens (tertiary/aromatic N) is 1. The van der Waals surface area contributed by atoms with Crippen molar-refractivity contribution >= 4 is 31.9 Å². The van der Waals surface area contributed by atoms with Gasteiger partial charge in [0, 0.05) is 27.5 Å². The number of oxazole rings is 1. The molecular weight excluding hydrogens is 384 g/mol. The summed E-state index contributed by atoms with van der Waals surface area (Å²) in [5, 5.41) is 3.39. The first kappa shape index (κ1) is 15.7. The molecule has 0 aliphatic rings. The van der Waals surface area contributed by atoms with Crippen LogP contribution in [0.25, 0.3) is 11.3 Å². The Labute approximate surface area is 136 Å². The van der Waals surface area contributed by atoms with E-state index in [1.807, 2.05) is 18.2 Å². The summed E-state index contributed by atoms with van der Waals surface area (Å²) in [5.41, 5.74) is 1.02. The van der Waals surface area contributed by atoms with Gasteiger partial charge >= 0.3 is 0 Å². The van der Waals surface area contributed by atoms with Crippen LogP contribution in [0.4, 0.5) is 0 Å². The maximum absolute atomic E-state index is 5.80. The Balaban J connectivity index is 1.98. The van der Waals surface area contributed by atoms with Crippen LogP contribution in [0.1, 0.15) is 19.7 Å². The topological polar surface area (TPSA) is 38.1 Å². The fourth-order valence-electron chi connectivity index (χ4n) is 1.83. The molecule has 0 aliphatic carbocycles. The van der Waals surface area contributed by atoms with Crippen LogP contribution in [0.2, 0.25) is 0 Å². The Morgan fingerprint density at radius 1 is 1.30 bits per heavy atom. The predicted octanol–water partition coefficient (Wildman–Crippen LogP) is 4.65. The van der Waals surface area contributed by atoms with E-state index in [-0.39, 0.29) is 0 Å². The second kappa shape index (κ2) is 7.38. The van der Waals surface area contributed by atoms with E-state index in [2.05, 4.69) is 56.0 Å². The highest BCUT2D eigenvalue weighted by molar-refractivity contribution is 9.11. The molecule has 5 heteroatoms. The maximum Gasteiger partial charge on any atom is 0.196 e. The molecule has 1 aromatic heterocycles. The van der Waals surface area contributed by atoms with Gasteiger partial charge in [-0.15, -0.1) is 0 Å². The van der Waals surface area contributed by atoms with Crippen molar-refractivity contribution in [3.63, 3.8) is 0 Å². The Morgan fingerprint density at radius 3 is 2.80 bits per heavy atom. The third kappa shape index (κ3) is 4.43. The van der Waals surface area contributed by atoms with Crippen LogP contribution in [-0.4, -0.2) is 18.1 Å². The molecule has 0 radical (unpaired) electrons. The molecule has 2 rings (SSSR count). The molecule has 1 N–H and O–H groups in total. The molecule has 0 aliphatic heterocycles. The Morgan fingerprint density at radius 2 is 2.10 bits per heavy atom. The van der Waals surface area contributed by atoms with E-state index in [0.717, 1.165) is 45.7 Å². The van der Waals surface area contributed by atoms with Crippen molar-refractivity contribution in [3.8, 4) is 11.3 Å². The molecular formula is C15H18Br2N2O. The SMILES string of the molecule is CC(C)CNCCc1ncc(-c2ccc(Br)cc2Br)o1. The van der Waals surface area contributed by atoms with Gasteiger partial charge in [0.15, 0.2) is 11.7 Å². The molecule has 0 saturated heterocycles. The molecule has 0 atom stereocenters. The number of halogens is 2. The summed E-state index contributed by atoms with van der Waals surface area (Å²) in [5.74, 6) is 2.23. The maximum atomic E-state index is 5.80. The van der Waals surface area contributed by atoms with Crippen LogP contribution in [0, 0.1) is 5.92 Å². The molecule has 0 bridgehead atoms. The molecule has 2 aromatic rings. The smallest absolute Gasteiger partial charge is 0.196 e. The van der Waals surface area contributed by atoms with E-state index < -0.39 is 0 Å². The molecule has 1 heterocycles. The molecule has 0 saturated carbocycles. The summed E-state index contributed by atoms with van der Waals surface area (Å²) in [7, 11) is 0. The predicted molar refractivity (Wildman–Crippen MR) is 88.8 cm³/mol. The first-order valence-electron chi connectivity index (χ1n) is 6.67. The zero-order chi connectivity index (χ0) is 14.5. The van der Waals surface area contributed by atoms with E-state index >= 15 is 0 Å². The van der Waals surface area contributed by atoms with Crippen LogP contribution in [0.3, 0.4) is 0 Å². The minimum absolute atomic E-state index is 0.661. The number of rotatable bonds is 6. The van der Waals surface area contributed by atoms with E-state index in [4.69, 9.17) is 4.42 Å². The lowest BCUT2D eigenvalue weighted by molar-refractivity contribution is 0.483. The van der Waals surface area contributed by atoms with Crippen molar-refractivity contribution in [3.05, 3.63) is 39.2 Å². The highest BCUT2D eigenvalue weighted by atomic mass is 79.9. The number of hydrogen-bond donors (Lipinski definition) is 1. The molecule has 108 valence electrons. The average molecular weight is 402 g/mol. The molecule has 1 aromatic carbocycles. The van der Waals surface area contributed by atoms with Gasteiger partial charge < -0.3 is 9.73 Å². The minimum atomic E-state index is 0.661. The fraction of sp³-hybridized carbons (Fsp3) is 0.400. The van der Waals surface area contributed by atoms with Gasteiger partial charge in [-0.2, -0.15) is 0 Å². The van der Waals surface area contributed by atoms with E-state index in [9.17, 15) is 0 Å². The third-order valence-corrected chi connectivity index (χ3v) is 3.97. The summed E-state index contributed by atoms with van der Waals surface area (Å²) >= 11 is 6.99. The number of benzene rings is 1. The lowest BCUT2D eigenvalue weighted by atomic mass is 10.2. The monoisotopic (exact) mass is 400 g/mol. The molecule has 0 amide bonds. The van der Waals surface area contributed by atoms with Crippen molar-refractivity contribution < 1.29 is 4.42 Å². The van der Waals surface area contributed by atoms with Gasteiger partial charge in [-0.3, -0.25) is 0 Å². The minimum Gasteiger partial charge on any atom is -0.441 e. The molecule has 0 spiro atoms. The zero-order valence-corrected chi connectivity index (χ0v) is 14.8. The number of aromatic nitrogens is 1. The van der Waals surface area contributed by atoms with E-state index in [1.165, 1.54) is 0 Å². The summed E-state index contributed by atoms with van der Waals surface area (Å²) in [6, 6.07) is 6.00. The summed E-state index contributed by atoms with van der Waals surface area (Å²) in [6.07, 6.45) is 2.59. The van der Waals surface area contributed by atoms with Crippen LogP contribution < -0.4 is 5.32 Å². The molecule has 0 unspecified atom stereocenters. The third-order valence-electron chi connectivity index (χ3n) is 2.82. The Bertz CT molecular complexity index is 567. The van der Waals surface area contributed by atoms with Crippen molar-refractivity contribution in [2.75, 3.05) is 13.1 Å². The number of nitrogens with one attached hydrogen (secondary N) is 1. The Hall–Kier alpha value is -0.650. The molecule has 20 heavy (non-hydrogen) atoms. The van der Waals surface area contributed by atoms with Gasteiger partial charge in [-0.05, 0) is 46.6 Å². The lowest BCUT2D eigenvalue weighted by Gasteiger charge is -2.05. The normalized spacial score (nSPS) is 11.2. The zero-order valence-electron chi connectivity index (χ0n) is 11.6. The second-order valence-corrected chi connectivity index (χ2v) is 6.86. The van der Waals surface area contributed by atoms with Gasteiger partial charge in [0.05, 0.1) is 6.20 Å². The highest BCUT2D eigenvalue weighted by Crippen LogP contribution is 2.31. The van der Waals surface area contributed by atoms with Gasteiger partial charge in [0.1, 0.15) is 0 Å². The van der Waals surface area contributed by atoms with Gasteiger partial charge in [-0.1, -0.05) is 29.8 Å². The van der Waals surface area contributed by atoms with E-state index in [0.29, 0.717) is 5.92 Å². The van der Waals surface area contributed by atoms with Crippen LogP contribution in [0.15, 0.2) is 37.8 Å². The van der Waals surface area contributed by atoms with Crippen molar-refractivity contribution in [1.29, 1.82) is 0 Å². The Kier molecular flexibility index (Phi) is 5.81. The van der Waals surface area contributed by atoms with Crippen LogP contribution in [0.5, 0.6) is 0 Å². The molecule has 0 fully saturated rings. The summed E-state index contributed by atoms with van der Waals surface area (Å²) < 4.78 is 7.83. The fourth-order valence-corrected chi connectivity index (χ4v) is 3.07. The van der Waals surface area contributed by atoms with E-state index in [1.54, 1.807) is 6.20 Å². The second-order valence-electron chi connectivity index (χ2n) is 5.09. The first-order valence-corrected chi connectivity index (χ1v) is 8.25. The average Bonchev–Trinajstić information content (AvgIpc) is 2.83. The van der Waals surface area contributed by atoms with Crippen molar-refractivity contribution in [2.45, 2.75) is 20.3 Å². The van der Waals surface area contributed by atoms with Crippen molar-refractivity contribution in [1.82, 2.24) is 10.3 Å². The largest absolute Gasteiger partial charge is 0.441 e. The van der Waals surface area contributed by atoms with Gasteiger partial charge in [0.2, 0.25) is 0 Å². The van der Waals surface area contributed by atoms with Crippen LogP contribution in [-0.2, 0) is 6.42 Å². The van der Waals surface area contributed by atoms with Crippen molar-refractivity contribution in [2.24, 2.45) is 5.92 Å². The standard InChI is InChI=1S/C15H18Br2N2O/c1-10(2)8-18-6-5-15-19-9-14(20-15)12-4-3-11(16)7-13(12)17/h3-4,7,9-10,18H,5-6,8H2,1-2H3.